The van der Waals surface area contributed by atoms with Crippen LogP contribution in [0.1, 0.15) is 13.3 Å². The number of ether oxygens (including phenoxy) is 1. The van der Waals surface area contributed by atoms with Gasteiger partial charge in [0, 0.05) is 6.42 Å². The van der Waals surface area contributed by atoms with E-state index in [0.29, 0.717) is 6.42 Å². The van der Waals surface area contributed by atoms with Crippen LogP contribution in [0.4, 0.5) is 0 Å². The molecule has 0 bridgehead atoms. The zero-order valence-electron chi connectivity index (χ0n) is 7.62. The molecule has 3 heteroatoms. The Morgan fingerprint density at radius 2 is 2.08 bits per heavy atom. The highest BCUT2D eigenvalue weighted by Crippen LogP contribution is 2.32. The van der Waals surface area contributed by atoms with Crippen molar-refractivity contribution in [1.82, 2.24) is 0 Å². The number of benzene rings is 1. The largest absolute Gasteiger partial charge is 0.450 e. The fourth-order valence-corrected chi connectivity index (χ4v) is 0.871. The quantitative estimate of drug-likeness (QED) is 0.561. The van der Waals surface area contributed by atoms with Gasteiger partial charge in [-0.1, -0.05) is 25.1 Å². The third-order valence-electron chi connectivity index (χ3n) is 1.65. The van der Waals surface area contributed by atoms with Crippen LogP contribution in [0, 0.1) is 0 Å². The Morgan fingerprint density at radius 1 is 1.46 bits per heavy atom. The molecule has 0 aliphatic heterocycles. The van der Waals surface area contributed by atoms with Gasteiger partial charge in [-0.25, -0.2) is 0 Å². The number of nitrogens with two attached hydrogens (primary N) is 1. The number of hydrogen-bond acceptors (Lipinski definition) is 3. The van der Waals surface area contributed by atoms with E-state index in [9.17, 15) is 4.79 Å². The highest BCUT2D eigenvalue weighted by molar-refractivity contribution is 5.80. The molecule has 70 valence electrons. The Hall–Kier alpha value is -1.35. The van der Waals surface area contributed by atoms with Crippen molar-refractivity contribution in [3.63, 3.8) is 0 Å². The van der Waals surface area contributed by atoms with E-state index in [0.717, 1.165) is 0 Å². The first-order chi connectivity index (χ1) is 6.27. The SMILES string of the molecule is CCC(=O)OCN.c1cc2cc-2c1. The summed E-state index contributed by atoms with van der Waals surface area (Å²) in [5, 5.41) is 0. The molecule has 0 spiro atoms. The summed E-state index contributed by atoms with van der Waals surface area (Å²) >= 11 is 0. The second-order valence-corrected chi connectivity index (χ2v) is 2.62. The number of fused-ring (bicyclic) bond motifs is 1. The minimum absolute atomic E-state index is 0.00727. The number of carbonyl (C=O) groups is 1. The van der Waals surface area contributed by atoms with Crippen molar-refractivity contribution in [3.8, 4) is 11.1 Å². The van der Waals surface area contributed by atoms with Gasteiger partial charge in [-0.15, -0.1) is 0 Å². The lowest BCUT2D eigenvalue weighted by atomic mass is 10.5. The summed E-state index contributed by atoms with van der Waals surface area (Å²) in [7, 11) is 0. The summed E-state index contributed by atoms with van der Waals surface area (Å²) in [6, 6.07) is 8.48. The number of hydrogen-bond donors (Lipinski definition) is 1. The van der Waals surface area contributed by atoms with Crippen LogP contribution in [0.5, 0.6) is 0 Å². The van der Waals surface area contributed by atoms with Crippen LogP contribution in [-0.4, -0.2) is 12.7 Å². The average Bonchev–Trinajstić information content (AvgIpc) is 2.75. The molecule has 0 atom stereocenters. The maximum atomic E-state index is 10.1. The van der Waals surface area contributed by atoms with Gasteiger partial charge in [0.05, 0.1) is 0 Å². The predicted molar refractivity (Wildman–Crippen MR) is 50.9 cm³/mol. The van der Waals surface area contributed by atoms with E-state index in [2.05, 4.69) is 29.0 Å². The fourth-order valence-electron chi connectivity index (χ4n) is 0.871. The summed E-state index contributed by atoms with van der Waals surface area (Å²) in [5.41, 5.74) is 7.71. The van der Waals surface area contributed by atoms with Gasteiger partial charge in [-0.3, -0.25) is 10.5 Å². The Kier molecular flexibility index (Phi) is 3.46. The second kappa shape index (κ2) is 4.62. The Balaban J connectivity index is 0.000000130. The molecule has 0 unspecified atom stereocenters. The Morgan fingerprint density at radius 3 is 2.23 bits per heavy atom. The molecule has 2 aliphatic rings. The van der Waals surface area contributed by atoms with Crippen molar-refractivity contribution >= 4 is 5.97 Å². The average molecular weight is 179 g/mol. The highest BCUT2D eigenvalue weighted by atomic mass is 16.5. The number of carbonyl (C=O) groups excluding carboxylic acids is 1. The highest BCUT2D eigenvalue weighted by Gasteiger charge is 2.06. The van der Waals surface area contributed by atoms with E-state index in [1.165, 1.54) is 11.1 Å². The summed E-state index contributed by atoms with van der Waals surface area (Å²) in [5.74, 6) is -0.248. The maximum absolute atomic E-state index is 10.1. The smallest absolute Gasteiger partial charge is 0.306 e. The van der Waals surface area contributed by atoms with Crippen LogP contribution < -0.4 is 5.73 Å². The molecule has 2 aliphatic carbocycles. The van der Waals surface area contributed by atoms with Gasteiger partial charge in [-0.2, -0.15) is 0 Å². The second-order valence-electron chi connectivity index (χ2n) is 2.62. The molecule has 2 N–H and O–H groups in total. The molecule has 0 aromatic heterocycles. The topological polar surface area (TPSA) is 52.3 Å². The molecule has 0 fully saturated rings. The Labute approximate surface area is 77.5 Å². The summed E-state index contributed by atoms with van der Waals surface area (Å²) in [6.45, 7) is 1.71. The van der Waals surface area contributed by atoms with Gasteiger partial charge >= 0.3 is 5.97 Å². The van der Waals surface area contributed by atoms with Gasteiger partial charge in [0.2, 0.25) is 0 Å². The van der Waals surface area contributed by atoms with Crippen molar-refractivity contribution in [2.24, 2.45) is 5.73 Å². The zero-order valence-corrected chi connectivity index (χ0v) is 7.62. The first-order valence-electron chi connectivity index (χ1n) is 4.24. The third kappa shape index (κ3) is 3.25. The van der Waals surface area contributed by atoms with Crippen LogP contribution in [0.2, 0.25) is 0 Å². The van der Waals surface area contributed by atoms with Gasteiger partial charge in [0.25, 0.3) is 0 Å². The third-order valence-corrected chi connectivity index (χ3v) is 1.65. The van der Waals surface area contributed by atoms with Crippen LogP contribution in [0.25, 0.3) is 11.1 Å². The first-order valence-corrected chi connectivity index (χ1v) is 4.24. The molecule has 2 rings (SSSR count). The number of rotatable bonds is 2. The summed E-state index contributed by atoms with van der Waals surface area (Å²) < 4.78 is 4.33. The van der Waals surface area contributed by atoms with Crippen molar-refractivity contribution in [3.05, 3.63) is 24.3 Å². The normalized spacial score (nSPS) is 9.69. The maximum Gasteiger partial charge on any atom is 0.306 e. The van der Waals surface area contributed by atoms with Crippen LogP contribution >= 0.6 is 0 Å². The van der Waals surface area contributed by atoms with Crippen LogP contribution in [0.3, 0.4) is 0 Å². The molecule has 0 heterocycles. The summed E-state index contributed by atoms with van der Waals surface area (Å²) in [6.07, 6.45) is 0.400. The van der Waals surface area contributed by atoms with E-state index >= 15 is 0 Å². The molecular weight excluding hydrogens is 166 g/mol. The minimum Gasteiger partial charge on any atom is -0.450 e. The lowest BCUT2D eigenvalue weighted by Crippen LogP contribution is -2.10. The molecule has 13 heavy (non-hydrogen) atoms. The zero-order chi connectivity index (χ0) is 9.68. The molecule has 0 saturated carbocycles. The molecular formula is C10H13NO2. The monoisotopic (exact) mass is 179 g/mol. The van der Waals surface area contributed by atoms with Gasteiger partial charge < -0.3 is 4.74 Å². The first kappa shape index (κ1) is 9.74. The van der Waals surface area contributed by atoms with Crippen molar-refractivity contribution in [2.75, 3.05) is 6.73 Å². The van der Waals surface area contributed by atoms with E-state index < -0.39 is 0 Å². The molecule has 3 nitrogen and oxygen atoms in total. The van der Waals surface area contributed by atoms with Gasteiger partial charge in [0.15, 0.2) is 0 Å². The lowest BCUT2D eigenvalue weighted by molar-refractivity contribution is -0.142. The fraction of sp³-hybridized carbons (Fsp3) is 0.300. The molecule has 0 radical (unpaired) electrons. The molecule has 0 saturated heterocycles. The van der Waals surface area contributed by atoms with Gasteiger partial charge in [-0.05, 0) is 17.2 Å². The lowest BCUT2D eigenvalue weighted by Gasteiger charge is -1.93. The molecule has 0 aromatic carbocycles. The predicted octanol–water partition coefficient (Wildman–Crippen LogP) is 1.52. The van der Waals surface area contributed by atoms with E-state index in [1.54, 1.807) is 6.92 Å². The van der Waals surface area contributed by atoms with E-state index in [4.69, 9.17) is 5.73 Å². The Bertz CT molecular complexity index is 279. The van der Waals surface area contributed by atoms with Crippen LogP contribution in [-0.2, 0) is 9.53 Å². The molecule has 0 aromatic rings. The van der Waals surface area contributed by atoms with E-state index in [-0.39, 0.29) is 12.7 Å². The van der Waals surface area contributed by atoms with Gasteiger partial charge in [0.1, 0.15) is 6.73 Å². The van der Waals surface area contributed by atoms with Crippen molar-refractivity contribution in [1.29, 1.82) is 0 Å². The number of esters is 1. The van der Waals surface area contributed by atoms with Crippen LogP contribution in [0.15, 0.2) is 24.3 Å². The molecule has 0 amide bonds. The van der Waals surface area contributed by atoms with Crippen molar-refractivity contribution in [2.45, 2.75) is 13.3 Å². The van der Waals surface area contributed by atoms with E-state index in [1.807, 2.05) is 0 Å². The minimum atomic E-state index is -0.248. The van der Waals surface area contributed by atoms with Crippen molar-refractivity contribution < 1.29 is 9.53 Å². The standard InChI is InChI=1S/C6H4.C4H9NO2/c1-2-5-4-6(5)3-1;1-2-4(6)7-3-5/h1-4H;2-3,5H2,1H3. The summed E-state index contributed by atoms with van der Waals surface area (Å²) in [4.78, 5) is 10.1.